The van der Waals surface area contributed by atoms with Crippen molar-refractivity contribution in [2.75, 3.05) is 6.26 Å². The van der Waals surface area contributed by atoms with Crippen LogP contribution in [0.2, 0.25) is 0 Å². The molecule has 2 aromatic carbocycles. The highest BCUT2D eigenvalue weighted by Gasteiger charge is 2.15. The smallest absolute Gasteiger partial charge is 0.151 e. The second kappa shape index (κ2) is 5.26. The average molecular weight is 275 g/mol. The summed E-state index contributed by atoms with van der Waals surface area (Å²) in [4.78, 5) is 1.28. The molecule has 3 rings (SSSR count). The van der Waals surface area contributed by atoms with E-state index in [1.54, 1.807) is 11.8 Å². The fraction of sp³-hybridized carbons (Fsp3) is 0.143. The molecule has 1 aliphatic heterocycles. The second-order valence-electron chi connectivity index (χ2n) is 4.01. The fourth-order valence-electron chi connectivity index (χ4n) is 2.00. The first-order valence-electron chi connectivity index (χ1n) is 5.71. The molecule has 92 valence electrons. The maximum absolute atomic E-state index is 5.67. The number of fused-ring (bicyclic) bond motifs is 1. The van der Waals surface area contributed by atoms with Gasteiger partial charge in [0.1, 0.15) is 12.2 Å². The average Bonchev–Trinajstić information content (AvgIpc) is 2.47. The Balaban J connectivity index is 2.05. The third kappa shape index (κ3) is 2.23. The summed E-state index contributed by atoms with van der Waals surface area (Å²) in [6.45, 7) is 0.844. The SMILES string of the molecule is CSc1ccc(-c2cccc3c2OSNC3)cc1. The zero-order valence-electron chi connectivity index (χ0n) is 9.97. The van der Waals surface area contributed by atoms with Gasteiger partial charge in [0.05, 0.1) is 0 Å². The van der Waals surface area contributed by atoms with Crippen LogP contribution < -0.4 is 8.91 Å². The third-order valence-corrected chi connectivity index (χ3v) is 4.20. The van der Waals surface area contributed by atoms with Gasteiger partial charge in [-0.15, -0.1) is 11.8 Å². The van der Waals surface area contributed by atoms with Crippen molar-refractivity contribution < 1.29 is 4.18 Å². The Hall–Kier alpha value is -1.10. The molecule has 0 aliphatic carbocycles. The van der Waals surface area contributed by atoms with Crippen molar-refractivity contribution >= 4 is 24.0 Å². The van der Waals surface area contributed by atoms with E-state index in [4.69, 9.17) is 4.18 Å². The van der Waals surface area contributed by atoms with Gasteiger partial charge in [-0.3, -0.25) is 0 Å². The van der Waals surface area contributed by atoms with Crippen LogP contribution in [0, 0.1) is 0 Å². The number of thioether (sulfide) groups is 1. The van der Waals surface area contributed by atoms with Crippen LogP contribution in [0.25, 0.3) is 11.1 Å². The van der Waals surface area contributed by atoms with Crippen molar-refractivity contribution in [2.45, 2.75) is 11.4 Å². The second-order valence-corrected chi connectivity index (χ2v) is 5.51. The molecule has 0 fully saturated rings. The van der Waals surface area contributed by atoms with Crippen LogP contribution in [0.5, 0.6) is 5.75 Å². The maximum atomic E-state index is 5.67. The normalized spacial score (nSPS) is 13.8. The molecule has 1 heterocycles. The van der Waals surface area contributed by atoms with Crippen molar-refractivity contribution in [3.05, 3.63) is 48.0 Å². The van der Waals surface area contributed by atoms with E-state index in [2.05, 4.69) is 53.4 Å². The van der Waals surface area contributed by atoms with Crippen molar-refractivity contribution in [2.24, 2.45) is 0 Å². The number of hydrogen-bond donors (Lipinski definition) is 1. The molecule has 1 N–H and O–H groups in total. The lowest BCUT2D eigenvalue weighted by Gasteiger charge is -2.19. The molecular weight excluding hydrogens is 262 g/mol. The first-order valence-corrected chi connectivity index (χ1v) is 7.68. The zero-order chi connectivity index (χ0) is 12.4. The molecule has 4 heteroatoms. The maximum Gasteiger partial charge on any atom is 0.151 e. The van der Waals surface area contributed by atoms with Crippen molar-refractivity contribution in [3.8, 4) is 16.9 Å². The minimum absolute atomic E-state index is 0.844. The van der Waals surface area contributed by atoms with Crippen LogP contribution in [0.15, 0.2) is 47.4 Å². The number of nitrogens with one attached hydrogen (secondary N) is 1. The molecule has 1 aliphatic rings. The Morgan fingerprint density at radius 3 is 2.78 bits per heavy atom. The summed E-state index contributed by atoms with van der Waals surface area (Å²) in [5.41, 5.74) is 3.57. The highest BCUT2D eigenvalue weighted by Crippen LogP contribution is 2.37. The number of hydrogen-bond acceptors (Lipinski definition) is 4. The van der Waals surface area contributed by atoms with E-state index in [1.165, 1.54) is 28.3 Å². The predicted octanol–water partition coefficient (Wildman–Crippen LogP) is 4.12. The summed E-state index contributed by atoms with van der Waals surface area (Å²) >= 11 is 3.06. The van der Waals surface area contributed by atoms with Crippen LogP contribution in [0.3, 0.4) is 0 Å². The molecule has 2 nitrogen and oxygen atoms in total. The zero-order valence-corrected chi connectivity index (χ0v) is 11.6. The largest absolute Gasteiger partial charge is 0.409 e. The molecule has 0 saturated carbocycles. The van der Waals surface area contributed by atoms with Crippen LogP contribution in [-0.4, -0.2) is 6.26 Å². The standard InChI is InChI=1S/C14H13NOS2/c1-17-12-7-5-10(6-8-12)13-4-2-3-11-9-15-18-16-14(11)13/h2-8,15H,9H2,1H3. The van der Waals surface area contributed by atoms with E-state index in [-0.39, 0.29) is 0 Å². The number of benzene rings is 2. The van der Waals surface area contributed by atoms with Gasteiger partial charge >= 0.3 is 0 Å². The summed E-state index contributed by atoms with van der Waals surface area (Å²) in [7, 11) is 0. The molecule has 0 saturated heterocycles. The molecular formula is C14H13NOS2. The lowest BCUT2D eigenvalue weighted by Crippen LogP contribution is -2.12. The Morgan fingerprint density at radius 2 is 2.00 bits per heavy atom. The van der Waals surface area contributed by atoms with Gasteiger partial charge in [0.25, 0.3) is 0 Å². The molecule has 0 atom stereocenters. The molecule has 0 aromatic heterocycles. The van der Waals surface area contributed by atoms with Crippen molar-refractivity contribution in [1.29, 1.82) is 0 Å². The van der Waals surface area contributed by atoms with Gasteiger partial charge in [-0.25, -0.2) is 4.72 Å². The first kappa shape index (κ1) is 12.0. The van der Waals surface area contributed by atoms with E-state index in [9.17, 15) is 0 Å². The van der Waals surface area contributed by atoms with Gasteiger partial charge in [-0.1, -0.05) is 30.3 Å². The third-order valence-electron chi connectivity index (χ3n) is 2.94. The lowest BCUT2D eigenvalue weighted by atomic mass is 10.0. The minimum atomic E-state index is 0.844. The Bertz CT molecular complexity index is 554. The van der Waals surface area contributed by atoms with Gasteiger partial charge in [-0.05, 0) is 24.0 Å². The summed E-state index contributed by atoms with van der Waals surface area (Å²) < 4.78 is 8.79. The lowest BCUT2D eigenvalue weighted by molar-refractivity contribution is 0.602. The van der Waals surface area contributed by atoms with Crippen molar-refractivity contribution in [3.63, 3.8) is 0 Å². The molecule has 0 radical (unpaired) electrons. The van der Waals surface area contributed by atoms with E-state index in [1.807, 2.05) is 0 Å². The summed E-state index contributed by atoms with van der Waals surface area (Å²) in [6.07, 6.45) is 2.09. The monoisotopic (exact) mass is 275 g/mol. The van der Waals surface area contributed by atoms with Crippen LogP contribution in [0.4, 0.5) is 0 Å². The highest BCUT2D eigenvalue weighted by molar-refractivity contribution is 7.98. The van der Waals surface area contributed by atoms with E-state index in [0.29, 0.717) is 0 Å². The summed E-state index contributed by atoms with van der Waals surface area (Å²) in [6, 6.07) is 14.9. The molecule has 0 amide bonds. The van der Waals surface area contributed by atoms with Gasteiger partial charge < -0.3 is 4.18 Å². The predicted molar refractivity (Wildman–Crippen MR) is 78.7 cm³/mol. The summed E-state index contributed by atoms with van der Waals surface area (Å²) in [5, 5.41) is 0. The van der Waals surface area contributed by atoms with E-state index >= 15 is 0 Å². The van der Waals surface area contributed by atoms with E-state index in [0.717, 1.165) is 17.9 Å². The Morgan fingerprint density at radius 1 is 1.17 bits per heavy atom. The van der Waals surface area contributed by atoms with Crippen molar-refractivity contribution in [1.82, 2.24) is 4.72 Å². The van der Waals surface area contributed by atoms with Crippen LogP contribution in [-0.2, 0) is 6.54 Å². The highest BCUT2D eigenvalue weighted by atomic mass is 32.2. The topological polar surface area (TPSA) is 21.3 Å². The van der Waals surface area contributed by atoms with Gasteiger partial charge in [0.2, 0.25) is 0 Å². The molecule has 0 bridgehead atoms. The molecule has 0 unspecified atom stereocenters. The first-order chi connectivity index (χ1) is 8.88. The minimum Gasteiger partial charge on any atom is -0.409 e. The van der Waals surface area contributed by atoms with Gasteiger partial charge in [0.15, 0.2) is 5.75 Å². The quantitative estimate of drug-likeness (QED) is 0.505. The summed E-state index contributed by atoms with van der Waals surface area (Å²) in [5.74, 6) is 0.984. The Kier molecular flexibility index (Phi) is 3.50. The molecule has 18 heavy (non-hydrogen) atoms. The fourth-order valence-corrected chi connectivity index (χ4v) is 2.96. The van der Waals surface area contributed by atoms with Gasteiger partial charge in [-0.2, -0.15) is 0 Å². The van der Waals surface area contributed by atoms with Crippen LogP contribution in [0.1, 0.15) is 5.56 Å². The van der Waals surface area contributed by atoms with Crippen LogP contribution >= 0.6 is 24.0 Å². The molecule has 2 aromatic rings. The number of rotatable bonds is 2. The number of para-hydroxylation sites is 1. The molecule has 0 spiro atoms. The Labute approximate surface area is 115 Å². The van der Waals surface area contributed by atoms with Gasteiger partial charge in [0, 0.05) is 22.6 Å². The van der Waals surface area contributed by atoms with E-state index < -0.39 is 0 Å².